The highest BCUT2D eigenvalue weighted by molar-refractivity contribution is 5.94. The van der Waals surface area contributed by atoms with E-state index in [1.54, 1.807) is 18.2 Å². The third kappa shape index (κ3) is 5.19. The number of nitrogens with one attached hydrogen (secondary N) is 1. The van der Waals surface area contributed by atoms with Crippen LogP contribution in [0.2, 0.25) is 0 Å². The van der Waals surface area contributed by atoms with Gasteiger partial charge in [-0.3, -0.25) is 9.69 Å². The quantitative estimate of drug-likeness (QED) is 0.633. The van der Waals surface area contributed by atoms with Crippen LogP contribution in [0.1, 0.15) is 26.7 Å². The molecule has 0 heterocycles. The summed E-state index contributed by atoms with van der Waals surface area (Å²) >= 11 is 0. The third-order valence-corrected chi connectivity index (χ3v) is 3.27. The Morgan fingerprint density at radius 1 is 1.45 bits per heavy atom. The van der Waals surface area contributed by atoms with Crippen LogP contribution < -0.4 is 11.1 Å². The molecule has 1 rings (SSSR count). The molecule has 1 amide bonds. The topological polar surface area (TPSA) is 78.6 Å². The van der Waals surface area contributed by atoms with Crippen molar-refractivity contribution in [2.45, 2.75) is 32.7 Å². The van der Waals surface area contributed by atoms with E-state index in [9.17, 15) is 4.79 Å². The molecule has 1 unspecified atom stereocenters. The van der Waals surface area contributed by atoms with E-state index in [1.807, 2.05) is 17.9 Å². The molecule has 0 radical (unpaired) electrons. The molecule has 1 aromatic carbocycles. The molecule has 0 aliphatic heterocycles. The number of rotatable bonds is 8. The fraction of sp³-hybridized carbons (Fsp3) is 0.533. The molecular formula is C15H25N3O2. The number of amides is 1. The molecule has 0 saturated carbocycles. The predicted molar refractivity (Wildman–Crippen MR) is 82.5 cm³/mol. The van der Waals surface area contributed by atoms with E-state index in [-0.39, 0.29) is 18.6 Å². The minimum absolute atomic E-state index is 0.0552. The second-order valence-electron chi connectivity index (χ2n) is 4.90. The maximum absolute atomic E-state index is 12.2. The van der Waals surface area contributed by atoms with Crippen LogP contribution in [-0.4, -0.2) is 41.7 Å². The van der Waals surface area contributed by atoms with Crippen molar-refractivity contribution in [2.75, 3.05) is 30.7 Å². The summed E-state index contributed by atoms with van der Waals surface area (Å²) in [6, 6.07) is 6.84. The van der Waals surface area contributed by atoms with Crippen molar-refractivity contribution in [2.24, 2.45) is 0 Å². The van der Waals surface area contributed by atoms with Crippen LogP contribution >= 0.6 is 0 Å². The Morgan fingerprint density at radius 2 is 2.20 bits per heavy atom. The van der Waals surface area contributed by atoms with Crippen LogP contribution in [0.15, 0.2) is 24.3 Å². The van der Waals surface area contributed by atoms with Crippen molar-refractivity contribution in [3.63, 3.8) is 0 Å². The molecule has 0 aromatic heterocycles. The van der Waals surface area contributed by atoms with E-state index >= 15 is 0 Å². The number of aliphatic hydroxyl groups is 1. The van der Waals surface area contributed by atoms with Gasteiger partial charge in [-0.15, -0.1) is 0 Å². The van der Waals surface area contributed by atoms with Gasteiger partial charge in [-0.2, -0.15) is 0 Å². The first kappa shape index (κ1) is 16.5. The summed E-state index contributed by atoms with van der Waals surface area (Å²) in [5.74, 6) is -0.0832. The van der Waals surface area contributed by atoms with Gasteiger partial charge in [0.2, 0.25) is 5.91 Å². The zero-order valence-electron chi connectivity index (χ0n) is 12.3. The van der Waals surface area contributed by atoms with Crippen molar-refractivity contribution in [1.29, 1.82) is 0 Å². The molecule has 0 fully saturated rings. The number of hydrogen-bond donors (Lipinski definition) is 3. The summed E-state index contributed by atoms with van der Waals surface area (Å²) in [4.78, 5) is 14.2. The van der Waals surface area contributed by atoms with E-state index < -0.39 is 0 Å². The van der Waals surface area contributed by atoms with Gasteiger partial charge >= 0.3 is 0 Å². The van der Waals surface area contributed by atoms with Crippen LogP contribution in [-0.2, 0) is 4.79 Å². The first-order valence-electron chi connectivity index (χ1n) is 7.09. The lowest BCUT2D eigenvalue weighted by Crippen LogP contribution is -2.43. The summed E-state index contributed by atoms with van der Waals surface area (Å²) in [6.45, 7) is 5.33. The Labute approximate surface area is 120 Å². The number of hydrogen-bond acceptors (Lipinski definition) is 4. The summed E-state index contributed by atoms with van der Waals surface area (Å²) < 4.78 is 0. The average molecular weight is 279 g/mol. The van der Waals surface area contributed by atoms with Crippen molar-refractivity contribution >= 4 is 17.3 Å². The molecule has 112 valence electrons. The van der Waals surface area contributed by atoms with Gasteiger partial charge in [0, 0.05) is 17.9 Å². The lowest BCUT2D eigenvalue weighted by molar-refractivity contribution is -0.120. The van der Waals surface area contributed by atoms with E-state index in [0.717, 1.165) is 19.4 Å². The van der Waals surface area contributed by atoms with Crippen molar-refractivity contribution in [3.05, 3.63) is 24.3 Å². The molecule has 1 aromatic rings. The Hall–Kier alpha value is -1.59. The number of carbonyl (C=O) groups is 1. The molecule has 5 heteroatoms. The number of nitrogens with zero attached hydrogens (tertiary/aromatic N) is 1. The number of nitrogens with two attached hydrogens (primary N) is 1. The zero-order valence-corrected chi connectivity index (χ0v) is 12.3. The van der Waals surface area contributed by atoms with Gasteiger partial charge in [0.15, 0.2) is 0 Å². The summed E-state index contributed by atoms with van der Waals surface area (Å²) in [6.07, 6.45) is 2.07. The summed E-state index contributed by atoms with van der Waals surface area (Å²) in [5.41, 5.74) is 7.00. The Bertz CT molecular complexity index is 423. The Kier molecular flexibility index (Phi) is 7.04. The highest BCUT2D eigenvalue weighted by Crippen LogP contribution is 2.13. The lowest BCUT2D eigenvalue weighted by Gasteiger charge is -2.27. The first-order chi connectivity index (χ1) is 9.58. The summed E-state index contributed by atoms with van der Waals surface area (Å²) in [7, 11) is 0. The van der Waals surface area contributed by atoms with E-state index in [0.29, 0.717) is 17.9 Å². The van der Waals surface area contributed by atoms with Gasteiger partial charge in [0.1, 0.15) is 0 Å². The van der Waals surface area contributed by atoms with Crippen LogP contribution in [0, 0.1) is 0 Å². The SMILES string of the molecule is CCCCN(CCO)C(C)C(=O)Nc1cccc(N)c1. The Morgan fingerprint density at radius 3 is 2.80 bits per heavy atom. The number of anilines is 2. The highest BCUT2D eigenvalue weighted by atomic mass is 16.3. The van der Waals surface area contributed by atoms with E-state index in [2.05, 4.69) is 12.2 Å². The lowest BCUT2D eigenvalue weighted by atomic mass is 10.2. The molecule has 5 nitrogen and oxygen atoms in total. The number of carbonyl (C=O) groups excluding carboxylic acids is 1. The van der Waals surface area contributed by atoms with Gasteiger partial charge in [-0.1, -0.05) is 19.4 Å². The van der Waals surface area contributed by atoms with Crippen molar-refractivity contribution in [1.82, 2.24) is 4.90 Å². The first-order valence-corrected chi connectivity index (χ1v) is 7.09. The molecule has 0 aliphatic rings. The second kappa shape index (κ2) is 8.55. The normalized spacial score (nSPS) is 12.4. The highest BCUT2D eigenvalue weighted by Gasteiger charge is 2.20. The second-order valence-corrected chi connectivity index (χ2v) is 4.90. The van der Waals surface area contributed by atoms with E-state index in [4.69, 9.17) is 10.8 Å². The predicted octanol–water partition coefficient (Wildman–Crippen LogP) is 1.69. The third-order valence-electron chi connectivity index (χ3n) is 3.27. The van der Waals surface area contributed by atoms with Gasteiger partial charge < -0.3 is 16.2 Å². The number of unbranched alkanes of at least 4 members (excludes halogenated alkanes) is 1. The maximum Gasteiger partial charge on any atom is 0.241 e. The standard InChI is InChI=1S/C15H25N3O2/c1-3-4-8-18(9-10-19)12(2)15(20)17-14-7-5-6-13(16)11-14/h5-7,11-12,19H,3-4,8-10,16H2,1-2H3,(H,17,20). The molecule has 0 aliphatic carbocycles. The molecule has 0 spiro atoms. The van der Waals surface area contributed by atoms with Crippen molar-refractivity contribution in [3.8, 4) is 0 Å². The largest absolute Gasteiger partial charge is 0.399 e. The smallest absolute Gasteiger partial charge is 0.241 e. The summed E-state index contributed by atoms with van der Waals surface area (Å²) in [5, 5.41) is 12.0. The minimum Gasteiger partial charge on any atom is -0.399 e. The van der Waals surface area contributed by atoms with Crippen LogP contribution in [0.5, 0.6) is 0 Å². The maximum atomic E-state index is 12.2. The molecule has 0 bridgehead atoms. The van der Waals surface area contributed by atoms with Gasteiger partial charge in [-0.05, 0) is 38.1 Å². The molecule has 1 atom stereocenters. The molecule has 4 N–H and O–H groups in total. The molecular weight excluding hydrogens is 254 g/mol. The molecule has 0 saturated heterocycles. The van der Waals surface area contributed by atoms with Gasteiger partial charge in [0.25, 0.3) is 0 Å². The monoisotopic (exact) mass is 279 g/mol. The number of benzene rings is 1. The van der Waals surface area contributed by atoms with Crippen LogP contribution in [0.4, 0.5) is 11.4 Å². The molecule has 20 heavy (non-hydrogen) atoms. The van der Waals surface area contributed by atoms with Crippen molar-refractivity contribution < 1.29 is 9.90 Å². The zero-order chi connectivity index (χ0) is 15.0. The number of aliphatic hydroxyl groups excluding tert-OH is 1. The van der Waals surface area contributed by atoms with Crippen LogP contribution in [0.3, 0.4) is 0 Å². The van der Waals surface area contributed by atoms with Gasteiger partial charge in [-0.25, -0.2) is 0 Å². The van der Waals surface area contributed by atoms with Gasteiger partial charge in [0.05, 0.1) is 12.6 Å². The average Bonchev–Trinajstić information content (AvgIpc) is 2.42. The van der Waals surface area contributed by atoms with Crippen LogP contribution in [0.25, 0.3) is 0 Å². The fourth-order valence-electron chi connectivity index (χ4n) is 2.02. The van der Waals surface area contributed by atoms with E-state index in [1.165, 1.54) is 0 Å². The minimum atomic E-state index is -0.282. The Balaban J connectivity index is 2.63. The fourth-order valence-corrected chi connectivity index (χ4v) is 2.02. The number of nitrogen functional groups attached to an aromatic ring is 1.